The lowest BCUT2D eigenvalue weighted by atomic mass is 10.1. The van der Waals surface area contributed by atoms with Gasteiger partial charge in [-0.3, -0.25) is 24.6 Å². The molecule has 1 saturated heterocycles. The minimum atomic E-state index is -0.467. The highest BCUT2D eigenvalue weighted by Gasteiger charge is 2.34. The second kappa shape index (κ2) is 11.8. The van der Waals surface area contributed by atoms with E-state index in [9.17, 15) is 19.7 Å². The van der Waals surface area contributed by atoms with Gasteiger partial charge >= 0.3 is 0 Å². The van der Waals surface area contributed by atoms with Crippen LogP contribution >= 0.6 is 23.4 Å². The number of rotatable bonds is 10. The van der Waals surface area contributed by atoms with E-state index in [1.165, 1.54) is 19.2 Å². The average Bonchev–Trinajstić information content (AvgIpc) is 3.16. The first-order chi connectivity index (χ1) is 17.9. The van der Waals surface area contributed by atoms with Crippen molar-refractivity contribution in [2.75, 3.05) is 20.3 Å². The van der Waals surface area contributed by atoms with Crippen LogP contribution in [0, 0.1) is 10.1 Å². The number of carbonyl (C=O) groups is 2. The molecule has 1 fully saturated rings. The molecule has 1 aliphatic rings. The second-order valence-electron chi connectivity index (χ2n) is 7.73. The first-order valence-corrected chi connectivity index (χ1v) is 12.2. The van der Waals surface area contributed by atoms with E-state index in [1.54, 1.807) is 60.7 Å². The zero-order valence-corrected chi connectivity index (χ0v) is 21.2. The van der Waals surface area contributed by atoms with Crippen molar-refractivity contribution in [1.29, 1.82) is 0 Å². The molecule has 2 amide bonds. The summed E-state index contributed by atoms with van der Waals surface area (Å²) in [5, 5.41) is 10.9. The number of para-hydroxylation sites is 1. The quantitative estimate of drug-likeness (QED) is 0.176. The number of nitro benzene ring substituents is 1. The molecule has 0 bridgehead atoms. The Balaban J connectivity index is 1.42. The summed E-state index contributed by atoms with van der Waals surface area (Å²) in [6.45, 7) is 0.345. The van der Waals surface area contributed by atoms with E-state index in [0.717, 1.165) is 22.2 Å². The zero-order chi connectivity index (χ0) is 26.4. The molecule has 11 heteroatoms. The van der Waals surface area contributed by atoms with E-state index in [4.69, 9.17) is 25.8 Å². The van der Waals surface area contributed by atoms with Gasteiger partial charge in [0.1, 0.15) is 19.0 Å². The fraction of sp³-hybridized carbons (Fsp3) is 0.154. The van der Waals surface area contributed by atoms with Gasteiger partial charge in [-0.2, -0.15) is 0 Å². The summed E-state index contributed by atoms with van der Waals surface area (Å²) in [6, 6.07) is 18.1. The van der Waals surface area contributed by atoms with Gasteiger partial charge in [-0.05, 0) is 65.4 Å². The normalized spacial score (nSPS) is 14.2. The molecular formula is C26H21ClN2O7S. The second-order valence-corrected chi connectivity index (χ2v) is 9.14. The lowest BCUT2D eigenvalue weighted by Crippen LogP contribution is -2.32. The van der Waals surface area contributed by atoms with Crippen LogP contribution in [0.2, 0.25) is 5.02 Å². The number of methoxy groups -OCH3 is 1. The van der Waals surface area contributed by atoms with Crippen LogP contribution in [0.3, 0.4) is 0 Å². The van der Waals surface area contributed by atoms with Crippen molar-refractivity contribution >= 4 is 46.3 Å². The molecule has 37 heavy (non-hydrogen) atoms. The van der Waals surface area contributed by atoms with E-state index < -0.39 is 10.8 Å². The summed E-state index contributed by atoms with van der Waals surface area (Å²) >= 11 is 6.92. The minimum absolute atomic E-state index is 0.00676. The summed E-state index contributed by atoms with van der Waals surface area (Å²) < 4.78 is 16.8. The Morgan fingerprint density at radius 3 is 2.46 bits per heavy atom. The summed E-state index contributed by atoms with van der Waals surface area (Å²) in [6.07, 6.45) is 1.61. The maximum Gasteiger partial charge on any atom is 0.293 e. The van der Waals surface area contributed by atoms with Crippen molar-refractivity contribution in [3.63, 3.8) is 0 Å². The Kier molecular flexibility index (Phi) is 8.32. The van der Waals surface area contributed by atoms with Crippen molar-refractivity contribution in [3.8, 4) is 17.2 Å². The molecule has 0 unspecified atom stereocenters. The predicted octanol–water partition coefficient (Wildman–Crippen LogP) is 5.95. The van der Waals surface area contributed by atoms with Gasteiger partial charge < -0.3 is 14.2 Å². The lowest BCUT2D eigenvalue weighted by Gasteiger charge is -2.14. The number of benzene rings is 3. The van der Waals surface area contributed by atoms with E-state index in [0.29, 0.717) is 27.8 Å². The Hall–Kier alpha value is -4.02. The highest BCUT2D eigenvalue weighted by Crippen LogP contribution is 2.35. The molecule has 0 aliphatic carbocycles. The highest BCUT2D eigenvalue weighted by atomic mass is 35.5. The Labute approximate surface area is 221 Å². The average molecular weight is 541 g/mol. The van der Waals surface area contributed by atoms with E-state index in [1.807, 2.05) is 0 Å². The van der Waals surface area contributed by atoms with Crippen LogP contribution in [0.4, 0.5) is 10.5 Å². The number of imide groups is 1. The van der Waals surface area contributed by atoms with Gasteiger partial charge in [0.05, 0.1) is 28.5 Å². The molecule has 0 N–H and O–H groups in total. The molecule has 3 aromatic carbocycles. The molecule has 0 spiro atoms. The van der Waals surface area contributed by atoms with E-state index in [2.05, 4.69) is 0 Å². The molecule has 0 atom stereocenters. The largest absolute Gasteiger partial charge is 0.493 e. The van der Waals surface area contributed by atoms with Crippen molar-refractivity contribution in [1.82, 2.24) is 4.90 Å². The van der Waals surface area contributed by atoms with Gasteiger partial charge in [-0.15, -0.1) is 0 Å². The Morgan fingerprint density at radius 2 is 1.76 bits per heavy atom. The third-order valence-corrected chi connectivity index (χ3v) is 6.53. The third-order valence-electron chi connectivity index (χ3n) is 5.31. The highest BCUT2D eigenvalue weighted by molar-refractivity contribution is 8.18. The van der Waals surface area contributed by atoms with Crippen LogP contribution < -0.4 is 14.2 Å². The van der Waals surface area contributed by atoms with Gasteiger partial charge in [-0.25, -0.2) is 0 Å². The van der Waals surface area contributed by atoms with Crippen molar-refractivity contribution < 1.29 is 28.7 Å². The smallest absolute Gasteiger partial charge is 0.293 e. The number of nitro groups is 1. The number of ether oxygens (including phenoxy) is 3. The Bertz CT molecular complexity index is 1360. The number of carbonyl (C=O) groups excluding carboxylic acids is 2. The molecule has 0 saturated carbocycles. The maximum atomic E-state index is 12.9. The summed E-state index contributed by atoms with van der Waals surface area (Å²) in [5.41, 5.74) is 1.36. The number of nitrogens with zero attached hydrogens (tertiary/aromatic N) is 2. The number of amides is 2. The maximum absolute atomic E-state index is 12.9. The molecule has 4 rings (SSSR count). The number of hydrogen-bond donors (Lipinski definition) is 0. The molecule has 3 aromatic rings. The topological polar surface area (TPSA) is 108 Å². The third kappa shape index (κ3) is 6.41. The zero-order valence-electron chi connectivity index (χ0n) is 19.6. The fourth-order valence-electron chi connectivity index (χ4n) is 3.42. The minimum Gasteiger partial charge on any atom is -0.493 e. The SMILES string of the molecule is COc1ccc(/C=C2\SC(=O)N(CCOc3ccccc3Cl)C2=O)cc1OCc1ccc([N+](=O)[O-])cc1. The van der Waals surface area contributed by atoms with Crippen LogP contribution in [0.1, 0.15) is 11.1 Å². The summed E-state index contributed by atoms with van der Waals surface area (Å²) in [7, 11) is 1.50. The monoisotopic (exact) mass is 540 g/mol. The van der Waals surface area contributed by atoms with Crippen LogP contribution in [0.15, 0.2) is 71.6 Å². The number of halogens is 1. The first-order valence-electron chi connectivity index (χ1n) is 11.0. The number of thioether (sulfide) groups is 1. The van der Waals surface area contributed by atoms with Crippen molar-refractivity contribution in [3.05, 3.63) is 97.9 Å². The van der Waals surface area contributed by atoms with Crippen LogP contribution in [-0.2, 0) is 11.4 Å². The fourth-order valence-corrected chi connectivity index (χ4v) is 4.48. The van der Waals surface area contributed by atoms with Crippen LogP contribution in [0.25, 0.3) is 6.08 Å². The Morgan fingerprint density at radius 1 is 1.00 bits per heavy atom. The van der Waals surface area contributed by atoms with Gasteiger partial charge in [-0.1, -0.05) is 29.8 Å². The first kappa shape index (κ1) is 26.1. The van der Waals surface area contributed by atoms with Gasteiger partial charge in [0.25, 0.3) is 16.8 Å². The van der Waals surface area contributed by atoms with Gasteiger partial charge in [0.15, 0.2) is 11.5 Å². The predicted molar refractivity (Wildman–Crippen MR) is 140 cm³/mol. The molecule has 0 aromatic heterocycles. The summed E-state index contributed by atoms with van der Waals surface area (Å²) in [4.78, 5) is 37.1. The molecule has 9 nitrogen and oxygen atoms in total. The lowest BCUT2D eigenvalue weighted by molar-refractivity contribution is -0.384. The molecule has 190 valence electrons. The molecule has 0 radical (unpaired) electrons. The standard InChI is InChI=1S/C26H21ClN2O7S/c1-34-22-11-8-18(14-23(22)36-16-17-6-9-19(10-7-17)29(32)33)15-24-25(30)28(26(31)37-24)12-13-35-21-5-3-2-4-20(21)27/h2-11,14-15H,12-13,16H2,1H3/b24-15-. The molecule has 1 aliphatic heterocycles. The van der Waals surface area contributed by atoms with Crippen molar-refractivity contribution in [2.45, 2.75) is 6.61 Å². The van der Waals surface area contributed by atoms with Crippen LogP contribution in [-0.4, -0.2) is 41.2 Å². The molecular weight excluding hydrogens is 520 g/mol. The number of hydrogen-bond acceptors (Lipinski definition) is 8. The van der Waals surface area contributed by atoms with E-state index in [-0.39, 0.29) is 35.6 Å². The van der Waals surface area contributed by atoms with Crippen LogP contribution in [0.5, 0.6) is 17.2 Å². The van der Waals surface area contributed by atoms with Crippen molar-refractivity contribution in [2.24, 2.45) is 0 Å². The van der Waals surface area contributed by atoms with E-state index >= 15 is 0 Å². The van der Waals surface area contributed by atoms with Gasteiger partial charge in [0, 0.05) is 12.1 Å². The molecule has 1 heterocycles. The van der Waals surface area contributed by atoms with Gasteiger partial charge in [0.2, 0.25) is 0 Å². The summed E-state index contributed by atoms with van der Waals surface area (Å²) in [5.74, 6) is 0.957. The number of non-ortho nitro benzene ring substituents is 1.